The second-order valence-corrected chi connectivity index (χ2v) is 10.1. The summed E-state index contributed by atoms with van der Waals surface area (Å²) in [5.41, 5.74) is 5.87. The molecule has 0 amide bonds. The summed E-state index contributed by atoms with van der Waals surface area (Å²) < 4.78 is 2.06. The van der Waals surface area contributed by atoms with Gasteiger partial charge >= 0.3 is 0 Å². The third kappa shape index (κ3) is 5.02. The van der Waals surface area contributed by atoms with Gasteiger partial charge in [-0.25, -0.2) is 4.98 Å². The van der Waals surface area contributed by atoms with Gasteiger partial charge in [-0.2, -0.15) is 0 Å². The summed E-state index contributed by atoms with van der Waals surface area (Å²) in [5, 5.41) is 0. The molecule has 176 valence electrons. The number of Topliss-reactive ketones (excluding diaryl/α,β-unsaturated/α-hetero) is 1. The highest BCUT2D eigenvalue weighted by molar-refractivity contribution is 6.09. The van der Waals surface area contributed by atoms with Crippen molar-refractivity contribution in [2.24, 2.45) is 5.92 Å². The Morgan fingerprint density at radius 2 is 1.83 bits per heavy atom. The largest absolute Gasteiger partial charge is 0.307 e. The van der Waals surface area contributed by atoms with Crippen molar-refractivity contribution in [2.75, 3.05) is 0 Å². The molecule has 0 radical (unpaired) electrons. The molecule has 0 aliphatic heterocycles. The van der Waals surface area contributed by atoms with E-state index in [0.717, 1.165) is 29.8 Å². The van der Waals surface area contributed by atoms with Crippen LogP contribution in [0.15, 0.2) is 102 Å². The third-order valence-electron chi connectivity index (χ3n) is 7.08. The molecular weight excluding hydrogens is 432 g/mol. The Morgan fingerprint density at radius 1 is 1.00 bits per heavy atom. The first kappa shape index (κ1) is 23.0. The first-order valence-corrected chi connectivity index (χ1v) is 12.3. The average Bonchev–Trinajstić information content (AvgIpc) is 3.29. The molecular formula is C31H30N2O2. The number of fused-ring (bicyclic) bond motifs is 2. The van der Waals surface area contributed by atoms with Crippen molar-refractivity contribution in [1.82, 2.24) is 9.38 Å². The van der Waals surface area contributed by atoms with E-state index in [1.54, 1.807) is 0 Å². The Hall–Kier alpha value is -3.79. The van der Waals surface area contributed by atoms with Crippen LogP contribution in [0.2, 0.25) is 0 Å². The third-order valence-corrected chi connectivity index (χ3v) is 7.08. The van der Waals surface area contributed by atoms with Gasteiger partial charge in [0, 0.05) is 24.4 Å². The molecule has 0 saturated carbocycles. The Morgan fingerprint density at radius 3 is 2.66 bits per heavy atom. The van der Waals surface area contributed by atoms with Crippen molar-refractivity contribution >= 4 is 17.2 Å². The number of carbonyl (C=O) groups is 2. The van der Waals surface area contributed by atoms with Crippen LogP contribution in [0.4, 0.5) is 0 Å². The zero-order chi connectivity index (χ0) is 24.4. The fourth-order valence-corrected chi connectivity index (χ4v) is 4.81. The van der Waals surface area contributed by atoms with Gasteiger partial charge in [0.05, 0.1) is 11.6 Å². The molecule has 4 heteroatoms. The number of pyridine rings is 1. The van der Waals surface area contributed by atoms with Gasteiger partial charge in [0.25, 0.3) is 0 Å². The number of hydrogen-bond donors (Lipinski definition) is 0. The molecule has 0 N–H and O–H groups in total. The number of benzene rings is 1. The minimum absolute atomic E-state index is 0.0202. The first-order chi connectivity index (χ1) is 16.9. The maximum absolute atomic E-state index is 12.8. The maximum Gasteiger partial charge on any atom is 0.167 e. The van der Waals surface area contributed by atoms with Gasteiger partial charge in [-0.3, -0.25) is 9.59 Å². The van der Waals surface area contributed by atoms with E-state index in [-0.39, 0.29) is 22.9 Å². The van der Waals surface area contributed by atoms with Gasteiger partial charge in [0.15, 0.2) is 11.6 Å². The number of allylic oxidation sites excluding steroid dienone is 8. The Bertz CT molecular complexity index is 1400. The van der Waals surface area contributed by atoms with E-state index in [1.807, 2.05) is 42.6 Å². The lowest BCUT2D eigenvalue weighted by Crippen LogP contribution is -2.19. The van der Waals surface area contributed by atoms with Gasteiger partial charge in [-0.05, 0) is 59.6 Å². The zero-order valence-corrected chi connectivity index (χ0v) is 20.3. The number of imidazole rings is 1. The number of carbonyl (C=O) groups excluding carboxylic acids is 2. The first-order valence-electron chi connectivity index (χ1n) is 12.3. The normalized spacial score (nSPS) is 17.3. The lowest BCUT2D eigenvalue weighted by Gasteiger charge is -2.25. The van der Waals surface area contributed by atoms with E-state index in [1.165, 1.54) is 17.2 Å². The van der Waals surface area contributed by atoms with Crippen LogP contribution in [0.3, 0.4) is 0 Å². The van der Waals surface area contributed by atoms with Crippen molar-refractivity contribution in [2.45, 2.75) is 44.9 Å². The minimum Gasteiger partial charge on any atom is -0.307 e. The van der Waals surface area contributed by atoms with Crippen LogP contribution < -0.4 is 0 Å². The van der Waals surface area contributed by atoms with Crippen LogP contribution in [0.1, 0.15) is 43.5 Å². The number of rotatable bonds is 8. The Balaban J connectivity index is 1.22. The highest BCUT2D eigenvalue weighted by Crippen LogP contribution is 2.29. The van der Waals surface area contributed by atoms with E-state index in [2.05, 4.69) is 60.8 Å². The number of hydrogen-bond acceptors (Lipinski definition) is 3. The Kier molecular flexibility index (Phi) is 6.21. The summed E-state index contributed by atoms with van der Waals surface area (Å²) in [7, 11) is 0. The summed E-state index contributed by atoms with van der Waals surface area (Å²) in [6.07, 6.45) is 18.0. The summed E-state index contributed by atoms with van der Waals surface area (Å²) in [5.74, 6) is -0.294. The Labute approximate surface area is 206 Å². The maximum atomic E-state index is 12.8. The highest BCUT2D eigenvalue weighted by atomic mass is 16.1. The molecule has 3 aromatic rings. The molecule has 0 bridgehead atoms. The second-order valence-electron chi connectivity index (χ2n) is 10.1. The molecule has 2 aliphatic carbocycles. The fourth-order valence-electron chi connectivity index (χ4n) is 4.81. The summed E-state index contributed by atoms with van der Waals surface area (Å²) >= 11 is 0. The molecule has 2 heterocycles. The average molecular weight is 463 g/mol. The molecule has 1 atom stereocenters. The van der Waals surface area contributed by atoms with Crippen molar-refractivity contribution < 1.29 is 9.59 Å². The van der Waals surface area contributed by atoms with E-state index >= 15 is 0 Å². The van der Waals surface area contributed by atoms with Crippen LogP contribution in [-0.4, -0.2) is 21.0 Å². The van der Waals surface area contributed by atoms with E-state index < -0.39 is 0 Å². The van der Waals surface area contributed by atoms with Crippen LogP contribution in [0, 0.1) is 5.92 Å². The van der Waals surface area contributed by atoms with E-state index in [0.29, 0.717) is 18.4 Å². The molecule has 5 rings (SSSR count). The molecule has 2 aromatic heterocycles. The smallest absolute Gasteiger partial charge is 0.167 e. The minimum atomic E-state index is -0.248. The summed E-state index contributed by atoms with van der Waals surface area (Å²) in [6, 6.07) is 14.8. The number of aromatic nitrogens is 2. The molecule has 4 nitrogen and oxygen atoms in total. The van der Waals surface area contributed by atoms with Crippen molar-refractivity contribution in [3.8, 4) is 0 Å². The molecule has 35 heavy (non-hydrogen) atoms. The molecule has 0 saturated heterocycles. The molecule has 1 aromatic carbocycles. The zero-order valence-electron chi connectivity index (χ0n) is 20.3. The van der Waals surface area contributed by atoms with Crippen LogP contribution in [0.25, 0.3) is 5.65 Å². The van der Waals surface area contributed by atoms with Crippen molar-refractivity contribution in [1.29, 1.82) is 0 Å². The summed E-state index contributed by atoms with van der Waals surface area (Å²) in [4.78, 5) is 29.9. The van der Waals surface area contributed by atoms with E-state index in [4.69, 9.17) is 4.98 Å². The van der Waals surface area contributed by atoms with Gasteiger partial charge in [0.2, 0.25) is 0 Å². The molecule has 0 spiro atoms. The van der Waals surface area contributed by atoms with Gasteiger partial charge in [0.1, 0.15) is 5.65 Å². The van der Waals surface area contributed by atoms with Crippen molar-refractivity contribution in [3.05, 3.63) is 119 Å². The standard InChI is InChI=1S/C31H30N2O2/c1-31(2,25-9-4-3-5-10-25)17-16-22-12-15-30-32-26(21-33(30)20-22)13-14-28(34)24-18-23-8-6-7-11-27(23)29(35)19-24/h3-12,15,18-21,27H,13-14,16-17H2,1-2H3. The number of aryl methyl sites for hydroxylation is 2. The molecule has 1 unspecified atom stereocenters. The fraction of sp³-hybridized carbons (Fsp3) is 0.258. The SMILES string of the molecule is CC(C)(CCc1ccc2nc(CCC(=O)C3=CC(=O)C4C=CC=CC4=C3)cn2c1)c1ccccc1. The number of ketones is 2. The predicted molar refractivity (Wildman–Crippen MR) is 139 cm³/mol. The predicted octanol–water partition coefficient (Wildman–Crippen LogP) is 5.92. The summed E-state index contributed by atoms with van der Waals surface area (Å²) in [6.45, 7) is 4.58. The second kappa shape index (κ2) is 9.46. The molecule has 0 fully saturated rings. The van der Waals surface area contributed by atoms with E-state index in [9.17, 15) is 9.59 Å². The van der Waals surface area contributed by atoms with Gasteiger partial charge < -0.3 is 4.40 Å². The topological polar surface area (TPSA) is 51.4 Å². The number of nitrogens with zero attached hydrogens (tertiary/aromatic N) is 2. The van der Waals surface area contributed by atoms with Crippen LogP contribution >= 0.6 is 0 Å². The van der Waals surface area contributed by atoms with Crippen LogP contribution in [-0.2, 0) is 27.8 Å². The quantitative estimate of drug-likeness (QED) is 0.417. The highest BCUT2D eigenvalue weighted by Gasteiger charge is 2.25. The lowest BCUT2D eigenvalue weighted by molar-refractivity contribution is -0.118. The molecule has 2 aliphatic rings. The monoisotopic (exact) mass is 462 g/mol. The van der Waals surface area contributed by atoms with Crippen molar-refractivity contribution in [3.63, 3.8) is 0 Å². The lowest BCUT2D eigenvalue weighted by atomic mass is 9.80. The van der Waals surface area contributed by atoms with Gasteiger partial charge in [-0.15, -0.1) is 0 Å². The van der Waals surface area contributed by atoms with Crippen LogP contribution in [0.5, 0.6) is 0 Å². The van der Waals surface area contributed by atoms with Gasteiger partial charge in [-0.1, -0.05) is 74.5 Å².